The minimum atomic E-state index is -1.35. The molecule has 0 aromatic carbocycles. The van der Waals surface area contributed by atoms with Gasteiger partial charge in [0.1, 0.15) is 0 Å². The summed E-state index contributed by atoms with van der Waals surface area (Å²) in [4.78, 5) is 16.5. The number of esters is 1. The predicted octanol–water partition coefficient (Wildman–Crippen LogP) is 3.65. The summed E-state index contributed by atoms with van der Waals surface area (Å²) in [5, 5.41) is 10.6. The number of carbonyl (C=O) groups excluding carboxylic acids is 1. The third-order valence-electron chi connectivity index (χ3n) is 4.16. The molecule has 0 aromatic heterocycles. The van der Waals surface area contributed by atoms with Crippen LogP contribution in [0.25, 0.3) is 0 Å². The van der Waals surface area contributed by atoms with Gasteiger partial charge in [-0.15, -0.1) is 5.73 Å². The van der Waals surface area contributed by atoms with E-state index in [-0.39, 0.29) is 5.92 Å². The minimum Gasteiger partial charge on any atom is -0.464 e. The van der Waals surface area contributed by atoms with E-state index >= 15 is 0 Å². The normalized spacial score (nSPS) is 29.0. The van der Waals surface area contributed by atoms with Crippen LogP contribution in [-0.2, 0) is 9.53 Å². The van der Waals surface area contributed by atoms with Crippen LogP contribution in [0.3, 0.4) is 0 Å². The number of hydrogen-bond donors (Lipinski definition) is 1. The summed E-state index contributed by atoms with van der Waals surface area (Å²) in [5.41, 5.74) is 2.70. The maximum atomic E-state index is 12.0. The molecule has 1 aliphatic carbocycles. The van der Waals surface area contributed by atoms with Crippen LogP contribution in [-0.4, -0.2) is 29.0 Å². The van der Waals surface area contributed by atoms with Crippen molar-refractivity contribution in [1.82, 2.24) is 0 Å². The second-order valence-corrected chi connectivity index (χ2v) is 6.67. The summed E-state index contributed by atoms with van der Waals surface area (Å²) in [6.07, 6.45) is 9.90. The molecule has 2 aliphatic rings. The lowest BCUT2D eigenvalue weighted by atomic mass is 9.80. The largest absolute Gasteiger partial charge is 0.464 e. The number of aliphatic hydroxyl groups is 1. The number of nitrogens with zero attached hydrogens (tertiary/aromatic N) is 1. The van der Waals surface area contributed by atoms with E-state index in [2.05, 4.69) is 26.7 Å². The lowest BCUT2D eigenvalue weighted by Gasteiger charge is -2.30. The van der Waals surface area contributed by atoms with Crippen molar-refractivity contribution in [2.45, 2.75) is 51.0 Å². The van der Waals surface area contributed by atoms with Gasteiger partial charge in [-0.25, -0.2) is 4.79 Å². The number of hydrogen-bond acceptors (Lipinski definition) is 4. The smallest absolute Gasteiger partial charge is 0.338 e. The zero-order valence-electron chi connectivity index (χ0n) is 12.8. The molecule has 0 saturated heterocycles. The van der Waals surface area contributed by atoms with Gasteiger partial charge in [-0.3, -0.25) is 4.99 Å². The first-order valence-electron chi connectivity index (χ1n) is 7.80. The minimum absolute atomic E-state index is 0.233. The highest BCUT2D eigenvalue weighted by atomic mass is 79.9. The third-order valence-corrected chi connectivity index (χ3v) is 4.60. The summed E-state index contributed by atoms with van der Waals surface area (Å²) in [7, 11) is 0. The van der Waals surface area contributed by atoms with E-state index in [1.165, 1.54) is 0 Å². The lowest BCUT2D eigenvalue weighted by molar-refractivity contribution is -0.167. The molecule has 2 unspecified atom stereocenters. The molecule has 1 N–H and O–H groups in total. The number of ether oxygens (including phenoxy) is 1. The van der Waals surface area contributed by atoms with Gasteiger partial charge < -0.3 is 9.84 Å². The van der Waals surface area contributed by atoms with Gasteiger partial charge in [0.25, 0.3) is 0 Å². The highest BCUT2D eigenvalue weighted by Crippen LogP contribution is 2.31. The SMILES string of the molecule is CCOC(=O)C1(O)CCCCC(C2=NC=C(Br)C=C=C2)CC1. The fraction of sp³-hybridized carbons (Fsp3) is 0.588. The van der Waals surface area contributed by atoms with Crippen molar-refractivity contribution in [3.8, 4) is 0 Å². The van der Waals surface area contributed by atoms with E-state index in [0.717, 1.165) is 35.9 Å². The number of rotatable bonds is 3. The predicted molar refractivity (Wildman–Crippen MR) is 89.9 cm³/mol. The Kier molecular flexibility index (Phi) is 6.18. The molecule has 0 radical (unpaired) electrons. The second-order valence-electron chi connectivity index (χ2n) is 5.76. The molecule has 5 heteroatoms. The fourth-order valence-electron chi connectivity index (χ4n) is 2.90. The molecule has 2 rings (SSSR count). The molecule has 0 aromatic rings. The molecule has 22 heavy (non-hydrogen) atoms. The Morgan fingerprint density at radius 3 is 3.05 bits per heavy atom. The highest BCUT2D eigenvalue weighted by molar-refractivity contribution is 9.11. The van der Waals surface area contributed by atoms with Gasteiger partial charge in [0.15, 0.2) is 5.60 Å². The Bertz CT molecular complexity index is 546. The molecule has 4 nitrogen and oxygen atoms in total. The van der Waals surface area contributed by atoms with Crippen molar-refractivity contribution >= 4 is 27.6 Å². The average molecular weight is 368 g/mol. The molecule has 1 aliphatic heterocycles. The van der Waals surface area contributed by atoms with Crippen LogP contribution in [0.1, 0.15) is 45.4 Å². The zero-order chi connectivity index (χ0) is 16.0. The molecule has 120 valence electrons. The molecular formula is C17H22BrNO3. The molecule has 0 spiro atoms. The Morgan fingerprint density at radius 2 is 2.27 bits per heavy atom. The van der Waals surface area contributed by atoms with E-state index < -0.39 is 11.6 Å². The average Bonchev–Trinajstić information content (AvgIpc) is 2.69. The highest BCUT2D eigenvalue weighted by Gasteiger charge is 2.38. The molecule has 1 saturated carbocycles. The summed E-state index contributed by atoms with van der Waals surface area (Å²) >= 11 is 3.39. The Labute approximate surface area is 139 Å². The third kappa shape index (κ3) is 4.42. The maximum Gasteiger partial charge on any atom is 0.338 e. The van der Waals surface area contributed by atoms with Gasteiger partial charge in [-0.1, -0.05) is 6.42 Å². The van der Waals surface area contributed by atoms with E-state index in [9.17, 15) is 9.90 Å². The summed E-state index contributed by atoms with van der Waals surface area (Å²) < 4.78 is 5.92. The number of halogens is 1. The zero-order valence-corrected chi connectivity index (χ0v) is 14.4. The number of carbonyl (C=O) groups is 1. The van der Waals surface area contributed by atoms with Crippen molar-refractivity contribution in [2.24, 2.45) is 10.9 Å². The van der Waals surface area contributed by atoms with Gasteiger partial charge in [0, 0.05) is 22.7 Å². The summed E-state index contributed by atoms with van der Waals surface area (Å²) in [6.45, 7) is 2.05. The fourth-order valence-corrected chi connectivity index (χ4v) is 3.13. The lowest BCUT2D eigenvalue weighted by Crippen LogP contribution is -2.41. The van der Waals surface area contributed by atoms with Crippen LogP contribution in [0.2, 0.25) is 0 Å². The number of allylic oxidation sites excluding steroid dienone is 2. The van der Waals surface area contributed by atoms with Crippen molar-refractivity contribution in [3.63, 3.8) is 0 Å². The topological polar surface area (TPSA) is 58.9 Å². The second kappa shape index (κ2) is 7.91. The van der Waals surface area contributed by atoms with Gasteiger partial charge >= 0.3 is 5.97 Å². The standard InChI is InChI=1S/C17H22BrNO3/c1-2-22-16(20)17(21)10-4-3-6-13(9-11-17)15-8-5-7-14(18)12-19-15/h7-8,12-13,21H,2-4,6,9-11H2,1H3. The van der Waals surface area contributed by atoms with Crippen LogP contribution < -0.4 is 0 Å². The van der Waals surface area contributed by atoms with Crippen molar-refractivity contribution in [2.75, 3.05) is 6.61 Å². The Morgan fingerprint density at radius 1 is 1.45 bits per heavy atom. The number of aliphatic imine (C=N–C) groups is 1. The van der Waals surface area contributed by atoms with Crippen molar-refractivity contribution in [1.29, 1.82) is 0 Å². The summed E-state index contributed by atoms with van der Waals surface area (Å²) in [6, 6.07) is 0. The molecule has 0 bridgehead atoms. The van der Waals surface area contributed by atoms with Crippen LogP contribution in [0.5, 0.6) is 0 Å². The van der Waals surface area contributed by atoms with E-state index in [4.69, 9.17) is 4.74 Å². The van der Waals surface area contributed by atoms with Gasteiger partial charge in [0.05, 0.1) is 12.3 Å². The maximum absolute atomic E-state index is 12.0. The first kappa shape index (κ1) is 17.2. The molecule has 1 heterocycles. The molecule has 2 atom stereocenters. The van der Waals surface area contributed by atoms with Gasteiger partial charge in [0.2, 0.25) is 0 Å². The monoisotopic (exact) mass is 367 g/mol. The van der Waals surface area contributed by atoms with Crippen molar-refractivity contribution in [3.05, 3.63) is 28.6 Å². The van der Waals surface area contributed by atoms with Crippen LogP contribution in [0, 0.1) is 5.92 Å². The Balaban J connectivity index is 2.10. The van der Waals surface area contributed by atoms with Gasteiger partial charge in [-0.05, 0) is 61.0 Å². The molecular weight excluding hydrogens is 346 g/mol. The Hall–Kier alpha value is -1.16. The van der Waals surface area contributed by atoms with Crippen LogP contribution >= 0.6 is 15.9 Å². The van der Waals surface area contributed by atoms with Gasteiger partial charge in [-0.2, -0.15) is 0 Å². The van der Waals surface area contributed by atoms with E-state index in [1.807, 2.05) is 12.2 Å². The quantitative estimate of drug-likeness (QED) is 0.611. The first-order valence-corrected chi connectivity index (χ1v) is 8.60. The van der Waals surface area contributed by atoms with Crippen LogP contribution in [0.4, 0.5) is 0 Å². The molecule has 0 amide bonds. The van der Waals surface area contributed by atoms with Crippen molar-refractivity contribution < 1.29 is 14.6 Å². The van der Waals surface area contributed by atoms with E-state index in [0.29, 0.717) is 19.4 Å². The first-order chi connectivity index (χ1) is 10.5. The van der Waals surface area contributed by atoms with E-state index in [1.54, 1.807) is 13.1 Å². The molecule has 1 fully saturated rings. The van der Waals surface area contributed by atoms with Crippen LogP contribution in [0.15, 0.2) is 33.6 Å². The summed E-state index contributed by atoms with van der Waals surface area (Å²) in [5.74, 6) is -0.256.